The highest BCUT2D eigenvalue weighted by molar-refractivity contribution is 5.48. The fraction of sp³-hybridized carbons (Fsp3) is 0.667. The van der Waals surface area contributed by atoms with Gasteiger partial charge >= 0.3 is 0 Å². The summed E-state index contributed by atoms with van der Waals surface area (Å²) in [6.45, 7) is 9.50. The molecule has 21 heavy (non-hydrogen) atoms. The zero-order valence-corrected chi connectivity index (χ0v) is 13.6. The molecule has 1 unspecified atom stereocenters. The number of hydrogen-bond donors (Lipinski definition) is 1. The topological polar surface area (TPSA) is 24.5 Å². The number of ether oxygens (including phenoxy) is 1. The molecule has 0 radical (unpaired) electrons. The SMILES string of the molecule is CCCNCc1ccc(N2CCCC(OCCC)C2)cc1. The third-order valence-electron chi connectivity index (χ3n) is 3.99. The summed E-state index contributed by atoms with van der Waals surface area (Å²) < 4.78 is 5.92. The molecule has 0 amide bonds. The van der Waals surface area contributed by atoms with Crippen LogP contribution in [0.3, 0.4) is 0 Å². The lowest BCUT2D eigenvalue weighted by atomic mass is 10.1. The summed E-state index contributed by atoms with van der Waals surface area (Å²) in [5, 5.41) is 3.45. The minimum atomic E-state index is 0.407. The summed E-state index contributed by atoms with van der Waals surface area (Å²) >= 11 is 0. The van der Waals surface area contributed by atoms with E-state index in [0.717, 1.165) is 39.2 Å². The van der Waals surface area contributed by atoms with Crippen molar-refractivity contribution in [2.75, 3.05) is 31.1 Å². The van der Waals surface area contributed by atoms with Crippen molar-refractivity contribution >= 4 is 5.69 Å². The molecule has 0 spiro atoms. The van der Waals surface area contributed by atoms with Crippen LogP contribution in [0.5, 0.6) is 0 Å². The highest BCUT2D eigenvalue weighted by atomic mass is 16.5. The number of piperidine rings is 1. The van der Waals surface area contributed by atoms with E-state index in [1.54, 1.807) is 0 Å². The largest absolute Gasteiger partial charge is 0.376 e. The Morgan fingerprint density at radius 2 is 2.00 bits per heavy atom. The molecule has 118 valence electrons. The van der Waals surface area contributed by atoms with Crippen LogP contribution in [-0.2, 0) is 11.3 Å². The number of benzene rings is 1. The standard InChI is InChI=1S/C18H30N2O/c1-3-11-19-14-16-7-9-17(10-8-16)20-12-5-6-18(15-20)21-13-4-2/h7-10,18-19H,3-6,11-15H2,1-2H3. The van der Waals surface area contributed by atoms with Gasteiger partial charge in [0.2, 0.25) is 0 Å². The third kappa shape index (κ3) is 5.33. The fourth-order valence-electron chi connectivity index (χ4n) is 2.83. The average molecular weight is 290 g/mol. The molecular formula is C18H30N2O. The van der Waals surface area contributed by atoms with Crippen molar-refractivity contribution in [2.45, 2.75) is 52.2 Å². The minimum absolute atomic E-state index is 0.407. The lowest BCUT2D eigenvalue weighted by Crippen LogP contribution is -2.39. The summed E-state index contributed by atoms with van der Waals surface area (Å²) in [6.07, 6.45) is 5.13. The first-order chi connectivity index (χ1) is 10.3. The normalized spacial score (nSPS) is 19.0. The Bertz CT molecular complexity index is 391. The van der Waals surface area contributed by atoms with Gasteiger partial charge in [0.15, 0.2) is 0 Å². The molecule has 1 aliphatic rings. The second kappa shape index (κ2) is 9.06. The summed E-state index contributed by atoms with van der Waals surface area (Å²) in [7, 11) is 0. The molecule has 1 aliphatic heterocycles. The summed E-state index contributed by atoms with van der Waals surface area (Å²) in [6, 6.07) is 9.00. The van der Waals surface area contributed by atoms with E-state index in [9.17, 15) is 0 Å². The Labute approximate surface area is 129 Å². The molecule has 0 bridgehead atoms. The van der Waals surface area contributed by atoms with Gasteiger partial charge in [0.1, 0.15) is 0 Å². The molecule has 1 fully saturated rings. The molecule has 1 N–H and O–H groups in total. The van der Waals surface area contributed by atoms with Crippen molar-refractivity contribution in [3.63, 3.8) is 0 Å². The van der Waals surface area contributed by atoms with Gasteiger partial charge in [0, 0.05) is 31.9 Å². The van der Waals surface area contributed by atoms with Gasteiger partial charge in [0.05, 0.1) is 6.10 Å². The number of nitrogens with zero attached hydrogens (tertiary/aromatic N) is 1. The van der Waals surface area contributed by atoms with Gasteiger partial charge in [-0.25, -0.2) is 0 Å². The predicted octanol–water partition coefficient (Wildman–Crippen LogP) is 3.58. The van der Waals surface area contributed by atoms with Crippen LogP contribution in [0.1, 0.15) is 45.1 Å². The molecule has 3 heteroatoms. The van der Waals surface area contributed by atoms with Gasteiger partial charge in [-0.15, -0.1) is 0 Å². The molecular weight excluding hydrogens is 260 g/mol. The number of rotatable bonds is 8. The molecule has 1 aromatic carbocycles. The number of anilines is 1. The predicted molar refractivity (Wildman–Crippen MR) is 89.9 cm³/mol. The van der Waals surface area contributed by atoms with Crippen LogP contribution in [0, 0.1) is 0 Å². The first kappa shape index (κ1) is 16.3. The molecule has 0 aromatic heterocycles. The molecule has 3 nitrogen and oxygen atoms in total. The Hall–Kier alpha value is -1.06. The molecule has 2 rings (SSSR count). The zero-order chi connectivity index (χ0) is 14.9. The van der Waals surface area contributed by atoms with E-state index >= 15 is 0 Å². The fourth-order valence-corrected chi connectivity index (χ4v) is 2.83. The lowest BCUT2D eigenvalue weighted by molar-refractivity contribution is 0.0440. The Balaban J connectivity index is 1.85. The molecule has 1 aromatic rings. The molecule has 1 heterocycles. The highest BCUT2D eigenvalue weighted by Crippen LogP contribution is 2.22. The first-order valence-electron chi connectivity index (χ1n) is 8.49. The summed E-state index contributed by atoms with van der Waals surface area (Å²) in [4.78, 5) is 2.47. The van der Waals surface area contributed by atoms with Gasteiger partial charge < -0.3 is 15.0 Å². The van der Waals surface area contributed by atoms with E-state index in [2.05, 4.69) is 48.3 Å². The van der Waals surface area contributed by atoms with E-state index in [-0.39, 0.29) is 0 Å². The molecule has 0 saturated carbocycles. The molecule has 0 aliphatic carbocycles. The van der Waals surface area contributed by atoms with E-state index in [1.165, 1.54) is 30.5 Å². The van der Waals surface area contributed by atoms with Crippen LogP contribution in [-0.4, -0.2) is 32.3 Å². The maximum atomic E-state index is 5.92. The maximum Gasteiger partial charge on any atom is 0.0750 e. The van der Waals surface area contributed by atoms with Gasteiger partial charge in [-0.05, 0) is 49.9 Å². The van der Waals surface area contributed by atoms with Gasteiger partial charge in [0.25, 0.3) is 0 Å². The van der Waals surface area contributed by atoms with Crippen molar-refractivity contribution in [3.8, 4) is 0 Å². The van der Waals surface area contributed by atoms with Crippen molar-refractivity contribution in [3.05, 3.63) is 29.8 Å². The third-order valence-corrected chi connectivity index (χ3v) is 3.99. The Morgan fingerprint density at radius 1 is 1.19 bits per heavy atom. The Kier molecular flexibility index (Phi) is 7.04. The van der Waals surface area contributed by atoms with Gasteiger partial charge in [-0.1, -0.05) is 26.0 Å². The van der Waals surface area contributed by atoms with Crippen LogP contribution < -0.4 is 10.2 Å². The smallest absolute Gasteiger partial charge is 0.0750 e. The van der Waals surface area contributed by atoms with Gasteiger partial charge in [-0.2, -0.15) is 0 Å². The molecule has 1 atom stereocenters. The Morgan fingerprint density at radius 3 is 2.71 bits per heavy atom. The van der Waals surface area contributed by atoms with E-state index in [1.807, 2.05) is 0 Å². The molecule has 1 saturated heterocycles. The van der Waals surface area contributed by atoms with Crippen LogP contribution >= 0.6 is 0 Å². The zero-order valence-electron chi connectivity index (χ0n) is 13.6. The maximum absolute atomic E-state index is 5.92. The second-order valence-corrected chi connectivity index (χ2v) is 5.92. The number of hydrogen-bond acceptors (Lipinski definition) is 3. The lowest BCUT2D eigenvalue weighted by Gasteiger charge is -2.34. The van der Waals surface area contributed by atoms with E-state index in [4.69, 9.17) is 4.74 Å². The monoisotopic (exact) mass is 290 g/mol. The van der Waals surface area contributed by atoms with Crippen molar-refractivity contribution in [1.82, 2.24) is 5.32 Å². The first-order valence-corrected chi connectivity index (χ1v) is 8.49. The quantitative estimate of drug-likeness (QED) is 0.741. The summed E-state index contributed by atoms with van der Waals surface area (Å²) in [5.74, 6) is 0. The highest BCUT2D eigenvalue weighted by Gasteiger charge is 2.20. The van der Waals surface area contributed by atoms with Crippen LogP contribution in [0.15, 0.2) is 24.3 Å². The van der Waals surface area contributed by atoms with Crippen LogP contribution in [0.4, 0.5) is 5.69 Å². The van der Waals surface area contributed by atoms with Crippen molar-refractivity contribution in [2.24, 2.45) is 0 Å². The van der Waals surface area contributed by atoms with Gasteiger partial charge in [-0.3, -0.25) is 0 Å². The van der Waals surface area contributed by atoms with Crippen LogP contribution in [0.2, 0.25) is 0 Å². The average Bonchev–Trinajstić information content (AvgIpc) is 2.54. The minimum Gasteiger partial charge on any atom is -0.376 e. The van der Waals surface area contributed by atoms with Crippen molar-refractivity contribution in [1.29, 1.82) is 0 Å². The van der Waals surface area contributed by atoms with Crippen molar-refractivity contribution < 1.29 is 4.74 Å². The van der Waals surface area contributed by atoms with E-state index in [0.29, 0.717) is 6.10 Å². The van der Waals surface area contributed by atoms with E-state index < -0.39 is 0 Å². The number of nitrogens with one attached hydrogen (secondary N) is 1. The second-order valence-electron chi connectivity index (χ2n) is 5.92. The van der Waals surface area contributed by atoms with Crippen LogP contribution in [0.25, 0.3) is 0 Å². The summed E-state index contributed by atoms with van der Waals surface area (Å²) in [5.41, 5.74) is 2.70.